The molecule has 0 bridgehead atoms. The third-order valence-electron chi connectivity index (χ3n) is 3.30. The van der Waals surface area contributed by atoms with E-state index in [1.165, 1.54) is 0 Å². The van der Waals surface area contributed by atoms with E-state index in [1.807, 2.05) is 62.4 Å². The van der Waals surface area contributed by atoms with Crippen molar-refractivity contribution in [2.45, 2.75) is 13.8 Å². The zero-order valence-corrected chi connectivity index (χ0v) is 12.2. The highest BCUT2D eigenvalue weighted by Gasteiger charge is 2.13. The van der Waals surface area contributed by atoms with E-state index in [-0.39, 0.29) is 5.91 Å². The zero-order valence-electron chi connectivity index (χ0n) is 12.2. The third kappa shape index (κ3) is 2.97. The van der Waals surface area contributed by atoms with E-state index in [4.69, 9.17) is 0 Å². The number of allylic oxidation sites excluding steroid dienone is 1. The summed E-state index contributed by atoms with van der Waals surface area (Å²) in [5, 5.41) is 0. The Morgan fingerprint density at radius 2 is 1.70 bits per heavy atom. The lowest BCUT2D eigenvalue weighted by atomic mass is 10.1. The first kappa shape index (κ1) is 14.1. The quantitative estimate of drug-likeness (QED) is 0.810. The lowest BCUT2D eigenvalue weighted by Gasteiger charge is -2.18. The van der Waals surface area contributed by atoms with Crippen LogP contribution in [0.15, 0.2) is 55.1 Å². The van der Waals surface area contributed by atoms with E-state index < -0.39 is 0 Å². The second kappa shape index (κ2) is 5.74. The number of carbonyl (C=O) groups is 1. The molecule has 0 fully saturated rings. The van der Waals surface area contributed by atoms with Gasteiger partial charge in [-0.15, -0.1) is 0 Å². The van der Waals surface area contributed by atoms with E-state index in [0.29, 0.717) is 5.56 Å². The Bertz CT molecular complexity index is 658. The van der Waals surface area contributed by atoms with Crippen molar-refractivity contribution in [1.82, 2.24) is 0 Å². The maximum atomic E-state index is 12.5. The summed E-state index contributed by atoms with van der Waals surface area (Å²) >= 11 is 0. The van der Waals surface area contributed by atoms with Crippen LogP contribution in [-0.2, 0) is 0 Å². The molecule has 0 saturated carbocycles. The molecule has 0 spiro atoms. The van der Waals surface area contributed by atoms with Crippen LogP contribution in [0.25, 0.3) is 5.57 Å². The summed E-state index contributed by atoms with van der Waals surface area (Å²) < 4.78 is 0. The molecule has 0 saturated heterocycles. The number of amides is 1. The van der Waals surface area contributed by atoms with Gasteiger partial charge in [-0.2, -0.15) is 0 Å². The minimum atomic E-state index is -0.00688. The molecule has 0 heterocycles. The highest BCUT2D eigenvalue weighted by molar-refractivity contribution is 6.06. The monoisotopic (exact) mass is 265 g/mol. The van der Waals surface area contributed by atoms with E-state index in [2.05, 4.69) is 6.58 Å². The standard InChI is InChI=1S/C18H19NO/c1-13(2)15-8-6-10-17(12-15)19(4)18(20)16-9-5-7-14(3)11-16/h5-12H,1H2,2-4H3. The minimum Gasteiger partial charge on any atom is -0.311 e. The Balaban J connectivity index is 2.31. The maximum Gasteiger partial charge on any atom is 0.258 e. The number of aryl methyl sites for hydroxylation is 1. The molecule has 2 rings (SSSR count). The van der Waals surface area contributed by atoms with Crippen molar-refractivity contribution < 1.29 is 4.79 Å². The number of hydrogen-bond donors (Lipinski definition) is 0. The van der Waals surface area contributed by atoms with Crippen LogP contribution >= 0.6 is 0 Å². The summed E-state index contributed by atoms with van der Waals surface area (Å²) in [5.41, 5.74) is 4.69. The summed E-state index contributed by atoms with van der Waals surface area (Å²) in [4.78, 5) is 14.1. The first-order chi connectivity index (χ1) is 9.49. The van der Waals surface area contributed by atoms with Crippen molar-refractivity contribution in [3.63, 3.8) is 0 Å². The molecule has 0 atom stereocenters. The SMILES string of the molecule is C=C(C)c1cccc(N(C)C(=O)c2cccc(C)c2)c1. The first-order valence-corrected chi connectivity index (χ1v) is 6.59. The van der Waals surface area contributed by atoms with Gasteiger partial charge in [0.25, 0.3) is 5.91 Å². The van der Waals surface area contributed by atoms with E-state index >= 15 is 0 Å². The Hall–Kier alpha value is -2.35. The molecule has 1 amide bonds. The van der Waals surface area contributed by atoms with Gasteiger partial charge in [0.05, 0.1) is 0 Å². The summed E-state index contributed by atoms with van der Waals surface area (Å²) in [6.07, 6.45) is 0. The molecule has 0 aliphatic rings. The normalized spacial score (nSPS) is 10.2. The largest absolute Gasteiger partial charge is 0.311 e. The van der Waals surface area contributed by atoms with Crippen LogP contribution in [0.5, 0.6) is 0 Å². The number of rotatable bonds is 3. The van der Waals surface area contributed by atoms with Gasteiger partial charge < -0.3 is 4.90 Å². The van der Waals surface area contributed by atoms with Crippen LogP contribution < -0.4 is 4.90 Å². The maximum absolute atomic E-state index is 12.5. The Kier molecular flexibility index (Phi) is 4.04. The van der Waals surface area contributed by atoms with Crippen LogP contribution in [0.4, 0.5) is 5.69 Å². The summed E-state index contributed by atoms with van der Waals surface area (Å²) in [6, 6.07) is 15.5. The fraction of sp³-hybridized carbons (Fsp3) is 0.167. The molecule has 0 N–H and O–H groups in total. The zero-order chi connectivity index (χ0) is 14.7. The smallest absolute Gasteiger partial charge is 0.258 e. The molecule has 2 nitrogen and oxygen atoms in total. The van der Waals surface area contributed by atoms with Crippen LogP contribution in [0.1, 0.15) is 28.4 Å². The molecule has 2 heteroatoms. The van der Waals surface area contributed by atoms with Crippen molar-refractivity contribution in [3.8, 4) is 0 Å². The molecular weight excluding hydrogens is 246 g/mol. The predicted octanol–water partition coefficient (Wildman–Crippen LogP) is 4.30. The molecule has 0 aromatic heterocycles. The van der Waals surface area contributed by atoms with Gasteiger partial charge in [-0.05, 0) is 43.7 Å². The molecule has 0 radical (unpaired) electrons. The number of carbonyl (C=O) groups excluding carboxylic acids is 1. The Morgan fingerprint density at radius 1 is 1.05 bits per heavy atom. The predicted molar refractivity (Wildman–Crippen MR) is 85.1 cm³/mol. The summed E-state index contributed by atoms with van der Waals surface area (Å²) in [7, 11) is 1.79. The number of anilines is 1. The second-order valence-corrected chi connectivity index (χ2v) is 5.06. The average molecular weight is 265 g/mol. The number of hydrogen-bond acceptors (Lipinski definition) is 1. The van der Waals surface area contributed by atoms with E-state index in [0.717, 1.165) is 22.4 Å². The molecule has 0 aliphatic heterocycles. The second-order valence-electron chi connectivity index (χ2n) is 5.06. The molecular formula is C18H19NO. The molecule has 20 heavy (non-hydrogen) atoms. The highest BCUT2D eigenvalue weighted by atomic mass is 16.2. The summed E-state index contributed by atoms with van der Waals surface area (Å²) in [5.74, 6) is -0.00688. The van der Waals surface area contributed by atoms with Gasteiger partial charge in [0.15, 0.2) is 0 Å². The fourth-order valence-electron chi connectivity index (χ4n) is 2.07. The molecule has 0 unspecified atom stereocenters. The molecule has 2 aromatic rings. The topological polar surface area (TPSA) is 20.3 Å². The van der Waals surface area contributed by atoms with E-state index in [9.17, 15) is 4.79 Å². The number of benzene rings is 2. The first-order valence-electron chi connectivity index (χ1n) is 6.59. The van der Waals surface area contributed by atoms with Crippen LogP contribution in [-0.4, -0.2) is 13.0 Å². The number of nitrogens with zero attached hydrogens (tertiary/aromatic N) is 1. The molecule has 2 aromatic carbocycles. The third-order valence-corrected chi connectivity index (χ3v) is 3.30. The van der Waals surface area contributed by atoms with Gasteiger partial charge in [-0.3, -0.25) is 4.79 Å². The highest BCUT2D eigenvalue weighted by Crippen LogP contribution is 2.21. The van der Waals surface area contributed by atoms with Gasteiger partial charge in [0.1, 0.15) is 0 Å². The van der Waals surface area contributed by atoms with Gasteiger partial charge in [0, 0.05) is 18.3 Å². The van der Waals surface area contributed by atoms with Crippen molar-refractivity contribution in [3.05, 3.63) is 71.8 Å². The van der Waals surface area contributed by atoms with Crippen molar-refractivity contribution >= 4 is 17.2 Å². The molecule has 0 aliphatic carbocycles. The lowest BCUT2D eigenvalue weighted by molar-refractivity contribution is 0.0993. The van der Waals surface area contributed by atoms with Crippen LogP contribution in [0.3, 0.4) is 0 Å². The van der Waals surface area contributed by atoms with Crippen LogP contribution in [0, 0.1) is 6.92 Å². The minimum absolute atomic E-state index is 0.00688. The lowest BCUT2D eigenvalue weighted by Crippen LogP contribution is -2.26. The van der Waals surface area contributed by atoms with Gasteiger partial charge in [0.2, 0.25) is 0 Å². The Morgan fingerprint density at radius 3 is 2.35 bits per heavy atom. The van der Waals surface area contributed by atoms with Gasteiger partial charge in [-0.25, -0.2) is 0 Å². The van der Waals surface area contributed by atoms with Crippen molar-refractivity contribution in [2.24, 2.45) is 0 Å². The summed E-state index contributed by atoms with van der Waals surface area (Å²) in [6.45, 7) is 7.88. The van der Waals surface area contributed by atoms with Crippen molar-refractivity contribution in [1.29, 1.82) is 0 Å². The van der Waals surface area contributed by atoms with E-state index in [1.54, 1.807) is 11.9 Å². The van der Waals surface area contributed by atoms with Crippen LogP contribution in [0.2, 0.25) is 0 Å². The molecule has 102 valence electrons. The Labute approximate surface area is 120 Å². The van der Waals surface area contributed by atoms with Gasteiger partial charge in [-0.1, -0.05) is 42.0 Å². The average Bonchev–Trinajstić information content (AvgIpc) is 2.45. The van der Waals surface area contributed by atoms with Gasteiger partial charge >= 0.3 is 0 Å². The fourth-order valence-corrected chi connectivity index (χ4v) is 2.07. The van der Waals surface area contributed by atoms with Crippen molar-refractivity contribution in [2.75, 3.05) is 11.9 Å².